The summed E-state index contributed by atoms with van der Waals surface area (Å²) in [6.45, 7) is 7.03. The maximum Gasteiger partial charge on any atom is 0.410 e. The standard InChI is InChI=1S/C20H29NO4/c1-20(2,3)25-19(24)21-10-8-13(9-11-21)4-7-16-14-5-6-15(12-14)17(16)18(22)23/h4,7,13-15H,5-6,8-12H2,1-3H3,(H,22,23)/b7-4+. The number of hydrogen-bond donors (Lipinski definition) is 1. The van der Waals surface area contributed by atoms with E-state index in [4.69, 9.17) is 4.74 Å². The number of carboxylic acids is 1. The van der Waals surface area contributed by atoms with Crippen LogP contribution in [0.3, 0.4) is 0 Å². The number of hydrogen-bond acceptors (Lipinski definition) is 3. The lowest BCUT2D eigenvalue weighted by molar-refractivity contribution is -0.133. The van der Waals surface area contributed by atoms with E-state index in [2.05, 4.69) is 12.2 Å². The van der Waals surface area contributed by atoms with Crippen LogP contribution in [0.1, 0.15) is 52.9 Å². The molecule has 1 saturated carbocycles. The molecular formula is C20H29NO4. The van der Waals surface area contributed by atoms with Crippen LogP contribution in [0.5, 0.6) is 0 Å². The molecule has 1 amide bonds. The molecule has 5 heteroatoms. The number of nitrogens with zero attached hydrogens (tertiary/aromatic N) is 1. The molecule has 1 N–H and O–H groups in total. The number of likely N-dealkylation sites (tertiary alicyclic amines) is 1. The van der Waals surface area contributed by atoms with Gasteiger partial charge in [-0.3, -0.25) is 0 Å². The molecule has 138 valence electrons. The highest BCUT2D eigenvalue weighted by Crippen LogP contribution is 2.49. The minimum absolute atomic E-state index is 0.237. The first-order valence-corrected chi connectivity index (χ1v) is 9.38. The van der Waals surface area contributed by atoms with Crippen molar-refractivity contribution < 1.29 is 19.4 Å². The van der Waals surface area contributed by atoms with Gasteiger partial charge in [-0.25, -0.2) is 9.59 Å². The van der Waals surface area contributed by atoms with Gasteiger partial charge in [0.05, 0.1) is 0 Å². The smallest absolute Gasteiger partial charge is 0.410 e. The fourth-order valence-electron chi connectivity index (χ4n) is 4.35. The Morgan fingerprint density at radius 2 is 1.76 bits per heavy atom. The maximum atomic E-state index is 12.1. The molecule has 25 heavy (non-hydrogen) atoms. The van der Waals surface area contributed by atoms with Crippen LogP contribution in [0, 0.1) is 17.8 Å². The van der Waals surface area contributed by atoms with Gasteiger partial charge in [0, 0.05) is 18.7 Å². The second kappa shape index (κ2) is 6.85. The van der Waals surface area contributed by atoms with Crippen LogP contribution in [-0.2, 0) is 9.53 Å². The zero-order valence-electron chi connectivity index (χ0n) is 15.5. The fourth-order valence-corrected chi connectivity index (χ4v) is 4.35. The molecule has 5 nitrogen and oxygen atoms in total. The molecule has 1 saturated heterocycles. The number of fused-ring (bicyclic) bond motifs is 2. The quantitative estimate of drug-likeness (QED) is 0.838. The highest BCUT2D eigenvalue weighted by atomic mass is 16.6. The Labute approximate surface area is 149 Å². The first-order valence-electron chi connectivity index (χ1n) is 9.38. The molecule has 0 aromatic heterocycles. The number of ether oxygens (including phenoxy) is 1. The minimum Gasteiger partial charge on any atom is -0.478 e. The van der Waals surface area contributed by atoms with E-state index in [-0.39, 0.29) is 12.0 Å². The minimum atomic E-state index is -0.744. The van der Waals surface area contributed by atoms with Crippen molar-refractivity contribution >= 4 is 12.1 Å². The van der Waals surface area contributed by atoms with Crippen molar-refractivity contribution in [2.24, 2.45) is 17.8 Å². The van der Waals surface area contributed by atoms with Crippen LogP contribution >= 0.6 is 0 Å². The van der Waals surface area contributed by atoms with Crippen molar-refractivity contribution in [3.05, 3.63) is 23.3 Å². The van der Waals surface area contributed by atoms with Crippen LogP contribution in [-0.4, -0.2) is 40.8 Å². The third-order valence-electron chi connectivity index (χ3n) is 5.56. The summed E-state index contributed by atoms with van der Waals surface area (Å²) < 4.78 is 5.42. The van der Waals surface area contributed by atoms with Crippen molar-refractivity contribution in [2.75, 3.05) is 13.1 Å². The molecule has 2 unspecified atom stereocenters. The summed E-state index contributed by atoms with van der Waals surface area (Å²) in [5, 5.41) is 9.48. The summed E-state index contributed by atoms with van der Waals surface area (Å²) in [5.74, 6) is 0.359. The average molecular weight is 347 g/mol. The third kappa shape index (κ3) is 4.07. The van der Waals surface area contributed by atoms with Crippen LogP contribution in [0.2, 0.25) is 0 Å². The van der Waals surface area contributed by atoms with Crippen LogP contribution in [0.4, 0.5) is 4.79 Å². The summed E-state index contributed by atoms with van der Waals surface area (Å²) >= 11 is 0. The zero-order chi connectivity index (χ0) is 18.2. The van der Waals surface area contributed by atoms with Crippen LogP contribution < -0.4 is 0 Å². The Morgan fingerprint density at radius 3 is 2.36 bits per heavy atom. The Kier molecular flexibility index (Phi) is 4.94. The first kappa shape index (κ1) is 18.0. The van der Waals surface area contributed by atoms with Gasteiger partial charge < -0.3 is 14.7 Å². The Hall–Kier alpha value is -1.78. The molecule has 2 aliphatic carbocycles. The lowest BCUT2D eigenvalue weighted by atomic mass is 9.89. The van der Waals surface area contributed by atoms with Crippen molar-refractivity contribution in [1.82, 2.24) is 4.90 Å². The second-order valence-corrected chi connectivity index (χ2v) is 8.55. The monoisotopic (exact) mass is 347 g/mol. The number of piperidine rings is 1. The highest BCUT2D eigenvalue weighted by molar-refractivity contribution is 5.90. The lowest BCUT2D eigenvalue weighted by Crippen LogP contribution is -2.41. The second-order valence-electron chi connectivity index (χ2n) is 8.55. The number of carbonyl (C=O) groups excluding carboxylic acids is 1. The third-order valence-corrected chi connectivity index (χ3v) is 5.56. The lowest BCUT2D eigenvalue weighted by Gasteiger charge is -2.32. The van der Waals surface area contributed by atoms with E-state index in [1.807, 2.05) is 20.8 Å². The SMILES string of the molecule is CC(C)(C)OC(=O)N1CCC(/C=C/C2=C(C(=O)O)C3CCC2C3)CC1. The molecule has 0 aromatic carbocycles. The van der Waals surface area contributed by atoms with Crippen molar-refractivity contribution in [1.29, 1.82) is 0 Å². The molecule has 2 atom stereocenters. The Balaban J connectivity index is 1.57. The largest absolute Gasteiger partial charge is 0.478 e. The van der Waals surface area contributed by atoms with E-state index >= 15 is 0 Å². The van der Waals surface area contributed by atoms with E-state index in [0.29, 0.717) is 30.5 Å². The van der Waals surface area contributed by atoms with Gasteiger partial charge in [-0.15, -0.1) is 0 Å². The molecular weight excluding hydrogens is 318 g/mol. The van der Waals surface area contributed by atoms with E-state index in [1.165, 1.54) is 0 Å². The van der Waals surface area contributed by atoms with Gasteiger partial charge in [0.15, 0.2) is 0 Å². The maximum absolute atomic E-state index is 12.1. The van der Waals surface area contributed by atoms with Crippen molar-refractivity contribution in [2.45, 2.75) is 58.5 Å². The summed E-state index contributed by atoms with van der Waals surface area (Å²) in [4.78, 5) is 25.4. The van der Waals surface area contributed by atoms with Crippen molar-refractivity contribution in [3.63, 3.8) is 0 Å². The summed E-state index contributed by atoms with van der Waals surface area (Å²) in [6.07, 6.45) is 8.97. The molecule has 3 aliphatic rings. The van der Waals surface area contributed by atoms with E-state index < -0.39 is 11.6 Å². The number of allylic oxidation sites excluding steroid dienone is 3. The topological polar surface area (TPSA) is 66.8 Å². The van der Waals surface area contributed by atoms with Gasteiger partial charge in [0.1, 0.15) is 5.60 Å². The molecule has 0 aromatic rings. The molecule has 3 rings (SSSR count). The summed E-state index contributed by atoms with van der Waals surface area (Å²) in [5.41, 5.74) is 1.24. The van der Waals surface area contributed by atoms with E-state index in [1.54, 1.807) is 4.90 Å². The Morgan fingerprint density at radius 1 is 1.12 bits per heavy atom. The number of amides is 1. The first-order chi connectivity index (χ1) is 11.7. The molecule has 2 fully saturated rings. The van der Waals surface area contributed by atoms with Gasteiger partial charge in [0.25, 0.3) is 0 Å². The van der Waals surface area contributed by atoms with E-state index in [9.17, 15) is 14.7 Å². The van der Waals surface area contributed by atoms with E-state index in [0.717, 1.165) is 37.7 Å². The average Bonchev–Trinajstić information content (AvgIpc) is 3.12. The summed E-state index contributed by atoms with van der Waals surface area (Å²) in [7, 11) is 0. The predicted molar refractivity (Wildman–Crippen MR) is 95.2 cm³/mol. The molecule has 1 aliphatic heterocycles. The van der Waals surface area contributed by atoms with Crippen LogP contribution in [0.25, 0.3) is 0 Å². The molecule has 2 bridgehead atoms. The number of carbonyl (C=O) groups is 2. The zero-order valence-corrected chi connectivity index (χ0v) is 15.5. The normalized spacial score (nSPS) is 27.4. The van der Waals surface area contributed by atoms with Gasteiger partial charge in [-0.05, 0) is 76.2 Å². The van der Waals surface area contributed by atoms with Crippen LogP contribution in [0.15, 0.2) is 23.3 Å². The number of carboxylic acid groups (broad SMARTS) is 1. The molecule has 1 heterocycles. The molecule has 0 spiro atoms. The van der Waals surface area contributed by atoms with Crippen molar-refractivity contribution in [3.8, 4) is 0 Å². The Bertz CT molecular complexity index is 606. The number of aliphatic carboxylic acids is 1. The molecule has 0 radical (unpaired) electrons. The van der Waals surface area contributed by atoms with Gasteiger partial charge in [-0.2, -0.15) is 0 Å². The predicted octanol–water partition coefficient (Wildman–Crippen LogP) is 4.00. The number of rotatable bonds is 3. The van der Waals surface area contributed by atoms with Gasteiger partial charge >= 0.3 is 12.1 Å². The highest BCUT2D eigenvalue weighted by Gasteiger charge is 2.41. The van der Waals surface area contributed by atoms with Gasteiger partial charge in [-0.1, -0.05) is 12.2 Å². The van der Waals surface area contributed by atoms with Gasteiger partial charge in [0.2, 0.25) is 0 Å². The fraction of sp³-hybridized carbons (Fsp3) is 0.700. The summed E-state index contributed by atoms with van der Waals surface area (Å²) in [6, 6.07) is 0.